The number of aliphatic hydroxyl groups is 1. The molecule has 0 bridgehead atoms. The van der Waals surface area contributed by atoms with E-state index in [-0.39, 0.29) is 12.1 Å². The van der Waals surface area contributed by atoms with Crippen LogP contribution in [0.2, 0.25) is 0 Å². The number of aliphatic hydroxyl groups excluding tert-OH is 1. The van der Waals surface area contributed by atoms with Gasteiger partial charge in [0.05, 0.1) is 33.9 Å². The molecule has 0 aliphatic carbocycles. The van der Waals surface area contributed by atoms with E-state index in [9.17, 15) is 22.7 Å². The average molecular weight is 460 g/mol. The molecular weight excluding hydrogens is 436 g/mol. The van der Waals surface area contributed by atoms with Gasteiger partial charge >= 0.3 is 6.18 Å². The predicted octanol–water partition coefficient (Wildman–Crippen LogP) is 2.80. The van der Waals surface area contributed by atoms with Gasteiger partial charge in [0.1, 0.15) is 12.3 Å². The number of alkyl halides is 4. The Bertz CT molecular complexity index is 936. The number of thiophene rings is 1. The topological polar surface area (TPSA) is 77.9 Å². The molecule has 2 fully saturated rings. The van der Waals surface area contributed by atoms with Gasteiger partial charge < -0.3 is 25.9 Å². The number of halogens is 4. The van der Waals surface area contributed by atoms with Crippen molar-refractivity contribution < 1.29 is 27.5 Å². The first-order valence-electron chi connectivity index (χ1n) is 10.1. The van der Waals surface area contributed by atoms with Gasteiger partial charge in [-0.1, -0.05) is 17.3 Å². The maximum Gasteiger partial charge on any atom is 0.393 e. The molecule has 0 amide bonds. The summed E-state index contributed by atoms with van der Waals surface area (Å²) in [6.07, 6.45) is -5.99. The van der Waals surface area contributed by atoms with E-state index in [4.69, 9.17) is 4.84 Å². The van der Waals surface area contributed by atoms with Crippen LogP contribution in [0.25, 0.3) is 10.1 Å². The number of nitrogens with zero attached hydrogens (tertiary/aromatic N) is 1. The van der Waals surface area contributed by atoms with Gasteiger partial charge in [0.15, 0.2) is 6.10 Å². The van der Waals surface area contributed by atoms with Crippen molar-refractivity contribution in [1.82, 2.24) is 10.6 Å². The van der Waals surface area contributed by atoms with Crippen LogP contribution in [0, 0.1) is 0 Å². The molecule has 2 aliphatic heterocycles. The molecule has 3 heterocycles. The number of piperidine rings is 1. The molecule has 6 nitrogen and oxygen atoms in total. The summed E-state index contributed by atoms with van der Waals surface area (Å²) in [4.78, 5) is 5.69. The molecule has 4 N–H and O–H groups in total. The second-order valence-corrected chi connectivity index (χ2v) is 8.83. The minimum Gasteiger partial charge on any atom is -0.390 e. The largest absolute Gasteiger partial charge is 0.393 e. The maximum atomic E-state index is 14.0. The summed E-state index contributed by atoms with van der Waals surface area (Å²) < 4.78 is 54.5. The lowest BCUT2D eigenvalue weighted by Crippen LogP contribution is -2.44. The van der Waals surface area contributed by atoms with Gasteiger partial charge in [-0.05, 0) is 23.6 Å². The quantitative estimate of drug-likeness (QED) is 0.303. The molecule has 2 aromatic rings. The first kappa shape index (κ1) is 22.3. The molecule has 2 unspecified atom stereocenters. The second kappa shape index (κ2) is 9.27. The summed E-state index contributed by atoms with van der Waals surface area (Å²) in [6, 6.07) is 4.59. The number of benzene rings is 1. The molecule has 0 spiro atoms. The van der Waals surface area contributed by atoms with Crippen LogP contribution in [0.4, 0.5) is 23.2 Å². The van der Waals surface area contributed by atoms with Crippen molar-refractivity contribution in [2.75, 3.05) is 31.5 Å². The van der Waals surface area contributed by atoms with Crippen LogP contribution in [0.5, 0.6) is 0 Å². The number of rotatable bonds is 6. The highest BCUT2D eigenvalue weighted by atomic mass is 32.1. The molecule has 170 valence electrons. The standard InChI is InChI=1S/C20H24F4N4O2S/c21-13-7-26-8-15(13)28-14-3-1-2-11-12(6-20(22,23)24)18(31-19(11)14)10-27-30-17-4-5-25-9-16(17)29/h1-3,10,13,15-17,25-26,28-29H,4-9H2/b27-10+/t13-,15+,16?,17?/m0/s1. The summed E-state index contributed by atoms with van der Waals surface area (Å²) in [7, 11) is 0. The van der Waals surface area contributed by atoms with Crippen molar-refractivity contribution in [2.24, 2.45) is 5.16 Å². The summed E-state index contributed by atoms with van der Waals surface area (Å²) in [5.41, 5.74) is 0.701. The third-order valence-electron chi connectivity index (χ3n) is 5.46. The highest BCUT2D eigenvalue weighted by Gasteiger charge is 2.32. The fourth-order valence-corrected chi connectivity index (χ4v) is 5.03. The summed E-state index contributed by atoms with van der Waals surface area (Å²) in [5.74, 6) is 0. The SMILES string of the molecule is OC1CNCCC1O/N=C/c1sc2c(N[C@@H]3CNC[C@@H]3F)cccc2c1CC(F)(F)F. The lowest BCUT2D eigenvalue weighted by atomic mass is 10.1. The summed E-state index contributed by atoms with van der Waals surface area (Å²) >= 11 is 1.15. The highest BCUT2D eigenvalue weighted by molar-refractivity contribution is 7.21. The molecule has 1 aromatic carbocycles. The molecule has 1 aromatic heterocycles. The number of fused-ring (bicyclic) bond motifs is 1. The number of hydrogen-bond acceptors (Lipinski definition) is 7. The Morgan fingerprint density at radius 3 is 2.81 bits per heavy atom. The fourth-order valence-electron chi connectivity index (χ4n) is 3.88. The first-order chi connectivity index (χ1) is 14.8. The number of hydrogen-bond donors (Lipinski definition) is 4. The monoisotopic (exact) mass is 460 g/mol. The number of oxime groups is 1. The average Bonchev–Trinajstić information content (AvgIpc) is 3.27. The molecule has 31 heavy (non-hydrogen) atoms. The lowest BCUT2D eigenvalue weighted by molar-refractivity contribution is -0.126. The second-order valence-electron chi connectivity index (χ2n) is 7.78. The van der Waals surface area contributed by atoms with E-state index in [0.29, 0.717) is 46.7 Å². The molecular formula is C20H24F4N4O2S. The van der Waals surface area contributed by atoms with Crippen molar-refractivity contribution in [3.05, 3.63) is 28.6 Å². The number of β-amino-alcohol motifs (C(OH)–C–C–N with tert-alkyl or cyclic N) is 1. The van der Waals surface area contributed by atoms with Gasteiger partial charge in [-0.3, -0.25) is 0 Å². The summed E-state index contributed by atoms with van der Waals surface area (Å²) in [5, 5.41) is 23.4. The van der Waals surface area contributed by atoms with Crippen LogP contribution in [-0.4, -0.2) is 68.1 Å². The smallest absolute Gasteiger partial charge is 0.390 e. The Morgan fingerprint density at radius 1 is 1.26 bits per heavy atom. The van der Waals surface area contributed by atoms with Crippen molar-refractivity contribution in [1.29, 1.82) is 0 Å². The molecule has 2 aliphatic rings. The Kier molecular flexibility index (Phi) is 6.65. The maximum absolute atomic E-state index is 14.0. The van der Waals surface area contributed by atoms with Gasteiger partial charge in [-0.2, -0.15) is 13.2 Å². The van der Waals surface area contributed by atoms with E-state index in [0.717, 1.165) is 11.3 Å². The Hall–Kier alpha value is -1.95. The van der Waals surface area contributed by atoms with Crippen LogP contribution in [0.1, 0.15) is 16.9 Å². The minimum atomic E-state index is -4.40. The lowest BCUT2D eigenvalue weighted by Gasteiger charge is -2.25. The van der Waals surface area contributed by atoms with E-state index in [1.807, 2.05) is 0 Å². The van der Waals surface area contributed by atoms with Gasteiger partial charge in [0.2, 0.25) is 0 Å². The van der Waals surface area contributed by atoms with E-state index in [1.165, 1.54) is 6.21 Å². The Morgan fingerprint density at radius 2 is 2.10 bits per heavy atom. The molecule has 0 radical (unpaired) electrons. The summed E-state index contributed by atoms with van der Waals surface area (Å²) in [6.45, 7) is 1.73. The van der Waals surface area contributed by atoms with Crippen LogP contribution < -0.4 is 16.0 Å². The zero-order valence-electron chi connectivity index (χ0n) is 16.6. The van der Waals surface area contributed by atoms with Crippen molar-refractivity contribution in [3.8, 4) is 0 Å². The fraction of sp³-hybridized carbons (Fsp3) is 0.550. The van der Waals surface area contributed by atoms with E-state index >= 15 is 0 Å². The Balaban J connectivity index is 1.63. The van der Waals surface area contributed by atoms with E-state index < -0.39 is 37.0 Å². The normalized spacial score (nSPS) is 27.3. The third-order valence-corrected chi connectivity index (χ3v) is 6.68. The predicted molar refractivity (Wildman–Crippen MR) is 113 cm³/mol. The zero-order valence-corrected chi connectivity index (χ0v) is 17.4. The zero-order chi connectivity index (χ0) is 22.0. The van der Waals surface area contributed by atoms with Crippen LogP contribution in [0.3, 0.4) is 0 Å². The van der Waals surface area contributed by atoms with Gasteiger partial charge in [0.25, 0.3) is 0 Å². The molecule has 0 saturated carbocycles. The van der Waals surface area contributed by atoms with Gasteiger partial charge in [0, 0.05) is 26.1 Å². The Labute approximate surface area is 180 Å². The number of nitrogens with one attached hydrogen (secondary N) is 3. The van der Waals surface area contributed by atoms with Crippen molar-refractivity contribution in [3.63, 3.8) is 0 Å². The molecule has 4 atom stereocenters. The van der Waals surface area contributed by atoms with E-state index in [2.05, 4.69) is 21.1 Å². The minimum absolute atomic E-state index is 0.107. The molecule has 2 saturated heterocycles. The van der Waals surface area contributed by atoms with Gasteiger partial charge in [-0.25, -0.2) is 4.39 Å². The first-order valence-corrected chi connectivity index (χ1v) is 10.9. The highest BCUT2D eigenvalue weighted by Crippen LogP contribution is 2.39. The molecule has 11 heteroatoms. The van der Waals surface area contributed by atoms with E-state index in [1.54, 1.807) is 18.2 Å². The van der Waals surface area contributed by atoms with Crippen molar-refractivity contribution >= 4 is 33.3 Å². The third kappa shape index (κ3) is 5.28. The number of anilines is 1. The van der Waals surface area contributed by atoms with Crippen LogP contribution in [0.15, 0.2) is 23.4 Å². The molecule has 4 rings (SSSR count). The van der Waals surface area contributed by atoms with Crippen LogP contribution >= 0.6 is 11.3 Å². The van der Waals surface area contributed by atoms with Gasteiger partial charge in [-0.15, -0.1) is 11.3 Å². The van der Waals surface area contributed by atoms with Crippen LogP contribution in [-0.2, 0) is 11.3 Å². The van der Waals surface area contributed by atoms with Crippen molar-refractivity contribution in [2.45, 2.75) is 43.4 Å².